The van der Waals surface area contributed by atoms with Crippen LogP contribution in [0.25, 0.3) is 0 Å². The standard InChI is InChI=1S/C11H10BrF3N2O3/c1-6(5-12)10(18)16-7-2-3-9(17(19)20)8(4-7)11(13,14)15/h2-4,6H,5H2,1H3,(H,16,18). The van der Waals surface area contributed by atoms with Crippen LogP contribution in [0.3, 0.4) is 0 Å². The Morgan fingerprint density at radius 1 is 1.50 bits per heavy atom. The first-order valence-electron chi connectivity index (χ1n) is 5.39. The Kier molecular flexibility index (Phi) is 5.09. The summed E-state index contributed by atoms with van der Waals surface area (Å²) in [5.74, 6) is -0.927. The quantitative estimate of drug-likeness (QED) is 0.510. The minimum atomic E-state index is -4.87. The molecule has 0 bridgehead atoms. The molecule has 9 heteroatoms. The maximum absolute atomic E-state index is 12.7. The van der Waals surface area contributed by atoms with E-state index in [4.69, 9.17) is 0 Å². The second-order valence-corrected chi connectivity index (χ2v) is 4.68. The van der Waals surface area contributed by atoms with Crippen LogP contribution in [-0.2, 0) is 11.0 Å². The Bertz CT molecular complexity index is 534. The molecule has 0 saturated heterocycles. The Labute approximate surface area is 120 Å². The van der Waals surface area contributed by atoms with E-state index in [1.54, 1.807) is 6.92 Å². The number of hydrogen-bond acceptors (Lipinski definition) is 3. The van der Waals surface area contributed by atoms with Crippen LogP contribution in [-0.4, -0.2) is 16.2 Å². The van der Waals surface area contributed by atoms with E-state index in [1.165, 1.54) is 0 Å². The van der Waals surface area contributed by atoms with Gasteiger partial charge >= 0.3 is 6.18 Å². The number of nitrogens with one attached hydrogen (secondary N) is 1. The van der Waals surface area contributed by atoms with Gasteiger partial charge in [0.1, 0.15) is 5.56 Å². The smallest absolute Gasteiger partial charge is 0.326 e. The van der Waals surface area contributed by atoms with Gasteiger partial charge in [0.25, 0.3) is 5.69 Å². The third-order valence-electron chi connectivity index (χ3n) is 2.45. The topological polar surface area (TPSA) is 72.2 Å². The van der Waals surface area contributed by atoms with Crippen molar-refractivity contribution in [3.8, 4) is 0 Å². The van der Waals surface area contributed by atoms with Gasteiger partial charge in [0.2, 0.25) is 5.91 Å². The van der Waals surface area contributed by atoms with Crippen LogP contribution in [0.15, 0.2) is 18.2 Å². The van der Waals surface area contributed by atoms with Crippen LogP contribution < -0.4 is 5.32 Å². The largest absolute Gasteiger partial charge is 0.423 e. The molecule has 1 N–H and O–H groups in total. The van der Waals surface area contributed by atoms with E-state index in [0.29, 0.717) is 11.4 Å². The number of alkyl halides is 4. The van der Waals surface area contributed by atoms with Gasteiger partial charge in [0.15, 0.2) is 0 Å². The highest BCUT2D eigenvalue weighted by Gasteiger charge is 2.38. The van der Waals surface area contributed by atoms with Crippen LogP contribution in [0, 0.1) is 16.0 Å². The minimum absolute atomic E-state index is 0.138. The fourth-order valence-electron chi connectivity index (χ4n) is 1.34. The van der Waals surface area contributed by atoms with Crippen LogP contribution in [0.1, 0.15) is 12.5 Å². The Hall–Kier alpha value is -1.64. The number of halogens is 4. The molecule has 0 aliphatic carbocycles. The van der Waals surface area contributed by atoms with Crippen molar-refractivity contribution >= 4 is 33.2 Å². The number of anilines is 1. The van der Waals surface area contributed by atoms with Crippen LogP contribution in [0.4, 0.5) is 24.5 Å². The third kappa shape index (κ3) is 3.92. The lowest BCUT2D eigenvalue weighted by atomic mass is 10.1. The summed E-state index contributed by atoms with van der Waals surface area (Å²) in [5.41, 5.74) is -2.59. The number of carbonyl (C=O) groups is 1. The summed E-state index contributed by atoms with van der Waals surface area (Å²) in [4.78, 5) is 21.0. The molecular weight excluding hydrogens is 345 g/mol. The van der Waals surface area contributed by atoms with E-state index in [-0.39, 0.29) is 5.69 Å². The molecule has 0 heterocycles. The summed E-state index contributed by atoms with van der Waals surface area (Å²) < 4.78 is 38.2. The maximum Gasteiger partial charge on any atom is 0.423 e. The van der Waals surface area contributed by atoms with Crippen LogP contribution in [0.5, 0.6) is 0 Å². The lowest BCUT2D eigenvalue weighted by molar-refractivity contribution is -0.388. The Morgan fingerprint density at radius 3 is 2.55 bits per heavy atom. The lowest BCUT2D eigenvalue weighted by Crippen LogP contribution is -2.21. The highest BCUT2D eigenvalue weighted by molar-refractivity contribution is 9.09. The molecule has 1 amide bonds. The number of hydrogen-bond donors (Lipinski definition) is 1. The predicted molar refractivity (Wildman–Crippen MR) is 69.7 cm³/mol. The number of benzene rings is 1. The molecule has 0 aliphatic heterocycles. The van der Waals surface area contributed by atoms with Gasteiger partial charge in [-0.05, 0) is 12.1 Å². The number of nitro groups is 1. The van der Waals surface area contributed by atoms with E-state index in [0.717, 1.165) is 12.1 Å². The number of amides is 1. The molecule has 0 aliphatic rings. The highest BCUT2D eigenvalue weighted by atomic mass is 79.9. The molecule has 0 spiro atoms. The van der Waals surface area contributed by atoms with Crippen molar-refractivity contribution in [3.05, 3.63) is 33.9 Å². The van der Waals surface area contributed by atoms with Gasteiger partial charge in [-0.3, -0.25) is 14.9 Å². The number of nitrogens with zero attached hydrogens (tertiary/aromatic N) is 1. The first kappa shape index (κ1) is 16.4. The summed E-state index contributed by atoms with van der Waals surface area (Å²) in [6.45, 7) is 1.58. The normalized spacial score (nSPS) is 12.8. The summed E-state index contributed by atoms with van der Waals surface area (Å²) in [5, 5.41) is 13.2. The van der Waals surface area contributed by atoms with Crippen LogP contribution in [0.2, 0.25) is 0 Å². The van der Waals surface area contributed by atoms with Crippen molar-refractivity contribution in [2.75, 3.05) is 10.6 Å². The molecule has 20 heavy (non-hydrogen) atoms. The molecule has 0 aromatic heterocycles. The molecule has 1 aromatic rings. The molecule has 110 valence electrons. The second kappa shape index (κ2) is 6.21. The first-order chi connectivity index (χ1) is 9.16. The van der Waals surface area contributed by atoms with Gasteiger partial charge in [-0.25, -0.2) is 0 Å². The van der Waals surface area contributed by atoms with E-state index >= 15 is 0 Å². The van der Waals surface area contributed by atoms with Gasteiger partial charge in [-0.2, -0.15) is 13.2 Å². The first-order valence-corrected chi connectivity index (χ1v) is 6.51. The zero-order chi connectivity index (χ0) is 15.5. The van der Waals surface area contributed by atoms with Crippen molar-refractivity contribution < 1.29 is 22.9 Å². The van der Waals surface area contributed by atoms with E-state index in [1.807, 2.05) is 0 Å². The van der Waals surface area contributed by atoms with Crippen molar-refractivity contribution in [1.29, 1.82) is 0 Å². The lowest BCUT2D eigenvalue weighted by Gasteiger charge is -2.12. The van der Waals surface area contributed by atoms with E-state index in [9.17, 15) is 28.1 Å². The van der Waals surface area contributed by atoms with Crippen molar-refractivity contribution in [1.82, 2.24) is 0 Å². The SMILES string of the molecule is CC(CBr)C(=O)Nc1ccc([N+](=O)[O-])c(C(F)(F)F)c1. The van der Waals surface area contributed by atoms with Gasteiger partial charge in [0.05, 0.1) is 4.92 Å². The summed E-state index contributed by atoms with van der Waals surface area (Å²) in [7, 11) is 0. The summed E-state index contributed by atoms with van der Waals surface area (Å²) in [6, 6.07) is 2.33. The molecule has 0 saturated carbocycles. The van der Waals surface area contributed by atoms with E-state index < -0.39 is 34.2 Å². The summed E-state index contributed by atoms with van der Waals surface area (Å²) in [6.07, 6.45) is -4.87. The van der Waals surface area contributed by atoms with Crippen LogP contribution >= 0.6 is 15.9 Å². The summed E-state index contributed by atoms with van der Waals surface area (Å²) >= 11 is 3.08. The van der Waals surface area contributed by atoms with Crippen molar-refractivity contribution in [3.63, 3.8) is 0 Å². The van der Waals surface area contributed by atoms with E-state index in [2.05, 4.69) is 21.2 Å². The van der Waals surface area contributed by atoms with Crippen molar-refractivity contribution in [2.45, 2.75) is 13.1 Å². The Morgan fingerprint density at radius 2 is 2.10 bits per heavy atom. The zero-order valence-corrected chi connectivity index (χ0v) is 11.8. The molecule has 5 nitrogen and oxygen atoms in total. The molecule has 1 unspecified atom stereocenters. The maximum atomic E-state index is 12.7. The number of carbonyl (C=O) groups excluding carboxylic acids is 1. The minimum Gasteiger partial charge on any atom is -0.326 e. The second-order valence-electron chi connectivity index (χ2n) is 4.03. The number of nitro benzene ring substituents is 1. The van der Waals surface area contributed by atoms with Gasteiger partial charge in [0, 0.05) is 23.0 Å². The fourth-order valence-corrected chi connectivity index (χ4v) is 1.63. The van der Waals surface area contributed by atoms with Gasteiger partial charge in [-0.1, -0.05) is 22.9 Å². The van der Waals surface area contributed by atoms with Gasteiger partial charge < -0.3 is 5.32 Å². The molecule has 1 atom stereocenters. The van der Waals surface area contributed by atoms with Crippen molar-refractivity contribution in [2.24, 2.45) is 5.92 Å². The Balaban J connectivity index is 3.14. The monoisotopic (exact) mass is 354 g/mol. The predicted octanol–water partition coefficient (Wildman–Crippen LogP) is 3.58. The molecule has 1 rings (SSSR count). The molecular formula is C11H10BrF3N2O3. The number of rotatable bonds is 4. The third-order valence-corrected chi connectivity index (χ3v) is 3.42. The zero-order valence-electron chi connectivity index (χ0n) is 10.2. The highest BCUT2D eigenvalue weighted by Crippen LogP contribution is 2.37. The molecule has 1 aromatic carbocycles. The average molecular weight is 355 g/mol. The molecule has 0 radical (unpaired) electrons. The molecule has 0 fully saturated rings. The average Bonchev–Trinajstić information content (AvgIpc) is 2.36. The fraction of sp³-hybridized carbons (Fsp3) is 0.364. The van der Waals surface area contributed by atoms with Gasteiger partial charge in [-0.15, -0.1) is 0 Å².